The fraction of sp³-hybridized carbons (Fsp3) is 0.455. The Morgan fingerprint density at radius 1 is 0.958 bits per heavy atom. The number of hydrogen-bond donors (Lipinski definition) is 1. The molecule has 2 atom stereocenters. The highest BCUT2D eigenvalue weighted by Gasteiger charge is 2.32. The number of fused-ring (bicyclic) bond motifs is 1. The molecule has 4 rings (SSSR count). The van der Waals surface area contributed by atoms with Crippen LogP contribution in [-0.4, -0.2) is 29.1 Å². The highest BCUT2D eigenvalue weighted by molar-refractivity contribution is 5.38. The van der Waals surface area contributed by atoms with Gasteiger partial charge in [0.15, 0.2) is 0 Å². The Bertz CT molecular complexity index is 688. The van der Waals surface area contributed by atoms with E-state index in [1.165, 1.54) is 29.5 Å². The average Bonchev–Trinajstić information content (AvgIpc) is 2.63. The Balaban J connectivity index is 1.44. The molecule has 0 spiro atoms. The summed E-state index contributed by atoms with van der Waals surface area (Å²) < 4.78 is 0. The minimum atomic E-state index is -0.300. The second-order valence-corrected chi connectivity index (χ2v) is 7.47. The molecule has 2 aromatic carbocycles. The first-order valence-electron chi connectivity index (χ1n) is 9.28. The second kappa shape index (κ2) is 6.70. The third-order valence-electron chi connectivity index (χ3n) is 6.06. The van der Waals surface area contributed by atoms with Gasteiger partial charge in [0.05, 0.1) is 6.10 Å². The van der Waals surface area contributed by atoms with Crippen molar-refractivity contribution in [3.05, 3.63) is 70.8 Å². The number of rotatable bonds is 2. The van der Waals surface area contributed by atoms with Crippen molar-refractivity contribution in [2.24, 2.45) is 0 Å². The van der Waals surface area contributed by atoms with Gasteiger partial charge in [-0.2, -0.15) is 0 Å². The number of benzene rings is 2. The van der Waals surface area contributed by atoms with E-state index in [4.69, 9.17) is 0 Å². The van der Waals surface area contributed by atoms with Gasteiger partial charge in [0.1, 0.15) is 0 Å². The highest BCUT2D eigenvalue weighted by Crippen LogP contribution is 2.36. The predicted octanol–water partition coefficient (Wildman–Crippen LogP) is 4.22. The lowest BCUT2D eigenvalue weighted by Crippen LogP contribution is -2.44. The first-order chi connectivity index (χ1) is 11.7. The summed E-state index contributed by atoms with van der Waals surface area (Å²) in [6.07, 6.45) is 4.14. The summed E-state index contributed by atoms with van der Waals surface area (Å²) in [5.74, 6) is 0.699. The zero-order valence-corrected chi connectivity index (χ0v) is 14.5. The van der Waals surface area contributed by atoms with Gasteiger partial charge in [0, 0.05) is 6.04 Å². The maximum Gasteiger partial charge on any atom is 0.0807 e. The summed E-state index contributed by atoms with van der Waals surface area (Å²) in [7, 11) is 0. The number of piperidine rings is 1. The van der Waals surface area contributed by atoms with Crippen molar-refractivity contribution in [2.45, 2.75) is 50.7 Å². The van der Waals surface area contributed by atoms with Crippen molar-refractivity contribution in [3.8, 4) is 0 Å². The van der Waals surface area contributed by atoms with E-state index >= 15 is 0 Å². The number of hydrogen-bond acceptors (Lipinski definition) is 2. The molecule has 2 aliphatic rings. The van der Waals surface area contributed by atoms with E-state index in [1.807, 2.05) is 0 Å². The van der Waals surface area contributed by atoms with E-state index in [0.717, 1.165) is 31.5 Å². The molecule has 126 valence electrons. The van der Waals surface area contributed by atoms with Crippen molar-refractivity contribution in [1.82, 2.24) is 4.90 Å². The van der Waals surface area contributed by atoms with Crippen molar-refractivity contribution in [1.29, 1.82) is 0 Å². The molecule has 0 aromatic heterocycles. The van der Waals surface area contributed by atoms with Gasteiger partial charge in [-0.1, -0.05) is 48.5 Å². The summed E-state index contributed by atoms with van der Waals surface area (Å²) in [6, 6.07) is 17.8. The molecule has 24 heavy (non-hydrogen) atoms. The monoisotopic (exact) mass is 321 g/mol. The van der Waals surface area contributed by atoms with Crippen LogP contribution in [0.3, 0.4) is 0 Å². The fourth-order valence-electron chi connectivity index (χ4n) is 4.62. The van der Waals surface area contributed by atoms with E-state index < -0.39 is 0 Å². The molecule has 0 saturated carbocycles. The van der Waals surface area contributed by atoms with E-state index in [-0.39, 0.29) is 6.10 Å². The first kappa shape index (κ1) is 15.9. The summed E-state index contributed by atoms with van der Waals surface area (Å²) in [5.41, 5.74) is 5.36. The van der Waals surface area contributed by atoms with Crippen molar-refractivity contribution < 1.29 is 5.11 Å². The maximum atomic E-state index is 10.6. The molecule has 1 aliphatic heterocycles. The minimum absolute atomic E-state index is 0.300. The van der Waals surface area contributed by atoms with Gasteiger partial charge < -0.3 is 5.11 Å². The Labute approximate surface area is 145 Å². The molecule has 2 nitrogen and oxygen atoms in total. The Hall–Kier alpha value is -1.64. The fourth-order valence-corrected chi connectivity index (χ4v) is 4.62. The quantitative estimate of drug-likeness (QED) is 0.895. The van der Waals surface area contributed by atoms with Crippen LogP contribution in [-0.2, 0) is 6.42 Å². The number of likely N-dealkylation sites (tertiary alicyclic amines) is 1. The van der Waals surface area contributed by atoms with Gasteiger partial charge in [0.25, 0.3) is 0 Å². The third-order valence-corrected chi connectivity index (χ3v) is 6.06. The summed E-state index contributed by atoms with van der Waals surface area (Å²) >= 11 is 0. The summed E-state index contributed by atoms with van der Waals surface area (Å²) in [6.45, 7) is 4.48. The number of aliphatic hydroxyl groups excluding tert-OH is 1. The lowest BCUT2D eigenvalue weighted by atomic mass is 9.81. The third kappa shape index (κ3) is 3.01. The van der Waals surface area contributed by atoms with E-state index in [0.29, 0.717) is 12.0 Å². The minimum Gasteiger partial charge on any atom is -0.388 e. The van der Waals surface area contributed by atoms with Crippen LogP contribution in [0.15, 0.2) is 48.5 Å². The van der Waals surface area contributed by atoms with E-state index in [2.05, 4.69) is 60.4 Å². The molecule has 0 amide bonds. The van der Waals surface area contributed by atoms with Gasteiger partial charge in [0.2, 0.25) is 0 Å². The van der Waals surface area contributed by atoms with Crippen LogP contribution in [0.25, 0.3) is 0 Å². The standard InChI is InChI=1S/C22H27NO/c1-16-6-5-9-20-21(16)14-19(15-22(20)24)23-12-10-18(11-13-23)17-7-3-2-4-8-17/h2-9,18-19,22,24H,10-15H2,1H3. The van der Waals surface area contributed by atoms with E-state index in [9.17, 15) is 5.11 Å². The van der Waals surface area contributed by atoms with E-state index in [1.54, 1.807) is 0 Å². The van der Waals surface area contributed by atoms with Crippen LogP contribution in [0.1, 0.15) is 53.5 Å². The van der Waals surface area contributed by atoms with Crippen LogP contribution in [0.4, 0.5) is 0 Å². The molecular formula is C22H27NO. The average molecular weight is 321 g/mol. The number of nitrogens with zero attached hydrogens (tertiary/aromatic N) is 1. The summed E-state index contributed by atoms with van der Waals surface area (Å²) in [5, 5.41) is 10.6. The van der Waals surface area contributed by atoms with Gasteiger partial charge in [-0.25, -0.2) is 0 Å². The highest BCUT2D eigenvalue weighted by atomic mass is 16.3. The lowest BCUT2D eigenvalue weighted by molar-refractivity contribution is 0.0741. The molecule has 1 saturated heterocycles. The SMILES string of the molecule is Cc1cccc2c1CC(N1CCC(c3ccccc3)CC1)CC2O. The van der Waals surface area contributed by atoms with Gasteiger partial charge >= 0.3 is 0 Å². The molecule has 0 radical (unpaired) electrons. The summed E-state index contributed by atoms with van der Waals surface area (Å²) in [4.78, 5) is 2.62. The topological polar surface area (TPSA) is 23.5 Å². The van der Waals surface area contributed by atoms with Crippen LogP contribution in [0.2, 0.25) is 0 Å². The smallest absolute Gasteiger partial charge is 0.0807 e. The van der Waals surface area contributed by atoms with Crippen molar-refractivity contribution >= 4 is 0 Å². The Morgan fingerprint density at radius 3 is 2.46 bits per heavy atom. The molecule has 1 heterocycles. The molecule has 0 bridgehead atoms. The second-order valence-electron chi connectivity index (χ2n) is 7.47. The molecule has 1 aliphatic carbocycles. The van der Waals surface area contributed by atoms with Crippen molar-refractivity contribution in [2.75, 3.05) is 13.1 Å². The number of aliphatic hydroxyl groups is 1. The molecule has 2 heteroatoms. The number of aryl methyl sites for hydroxylation is 1. The molecular weight excluding hydrogens is 294 g/mol. The predicted molar refractivity (Wildman–Crippen MR) is 98.2 cm³/mol. The van der Waals surface area contributed by atoms with Gasteiger partial charge in [-0.15, -0.1) is 0 Å². The zero-order valence-electron chi connectivity index (χ0n) is 14.5. The van der Waals surface area contributed by atoms with Crippen LogP contribution < -0.4 is 0 Å². The molecule has 2 aromatic rings. The normalized spacial score (nSPS) is 25.4. The van der Waals surface area contributed by atoms with Crippen LogP contribution in [0, 0.1) is 6.92 Å². The van der Waals surface area contributed by atoms with Crippen LogP contribution in [0.5, 0.6) is 0 Å². The van der Waals surface area contributed by atoms with Gasteiger partial charge in [-0.05, 0) is 73.9 Å². The lowest BCUT2D eigenvalue weighted by Gasteiger charge is -2.41. The molecule has 1 N–H and O–H groups in total. The largest absolute Gasteiger partial charge is 0.388 e. The molecule has 1 fully saturated rings. The first-order valence-corrected chi connectivity index (χ1v) is 9.28. The molecule has 2 unspecified atom stereocenters. The Morgan fingerprint density at radius 2 is 1.71 bits per heavy atom. The zero-order chi connectivity index (χ0) is 16.5. The van der Waals surface area contributed by atoms with Crippen LogP contribution >= 0.6 is 0 Å². The van der Waals surface area contributed by atoms with Gasteiger partial charge in [-0.3, -0.25) is 4.90 Å². The Kier molecular flexibility index (Phi) is 4.43. The van der Waals surface area contributed by atoms with Crippen molar-refractivity contribution in [3.63, 3.8) is 0 Å². The maximum absolute atomic E-state index is 10.6.